The van der Waals surface area contributed by atoms with E-state index in [1.54, 1.807) is 0 Å². The standard InChI is InChI=1S/C16H16N2/c1-2-6-13(7-3-1)8-4-9-14-12-18-16-15(14)10-5-11-17-16/h1-3,5-7,10-12H,4,8-9H2,(H,17,18). The summed E-state index contributed by atoms with van der Waals surface area (Å²) in [5, 5.41) is 1.26. The van der Waals surface area contributed by atoms with Crippen LogP contribution in [0, 0.1) is 0 Å². The van der Waals surface area contributed by atoms with E-state index in [2.05, 4.69) is 52.6 Å². The summed E-state index contributed by atoms with van der Waals surface area (Å²) < 4.78 is 0. The number of aromatic nitrogens is 2. The van der Waals surface area contributed by atoms with Gasteiger partial charge in [-0.1, -0.05) is 30.3 Å². The number of aryl methyl sites for hydroxylation is 2. The minimum absolute atomic E-state index is 0.993. The molecule has 3 rings (SSSR count). The topological polar surface area (TPSA) is 28.7 Å². The summed E-state index contributed by atoms with van der Waals surface area (Å²) in [7, 11) is 0. The lowest BCUT2D eigenvalue weighted by Crippen LogP contribution is -1.89. The van der Waals surface area contributed by atoms with Crippen LogP contribution in [-0.2, 0) is 12.8 Å². The molecule has 0 spiro atoms. The lowest BCUT2D eigenvalue weighted by Gasteiger charge is -2.01. The smallest absolute Gasteiger partial charge is 0.137 e. The van der Waals surface area contributed by atoms with Gasteiger partial charge in [0.25, 0.3) is 0 Å². The van der Waals surface area contributed by atoms with Crippen LogP contribution in [0.4, 0.5) is 0 Å². The maximum absolute atomic E-state index is 4.31. The minimum Gasteiger partial charge on any atom is -0.346 e. The van der Waals surface area contributed by atoms with E-state index in [1.165, 1.54) is 22.9 Å². The van der Waals surface area contributed by atoms with Crippen LogP contribution in [0.3, 0.4) is 0 Å². The van der Waals surface area contributed by atoms with Crippen molar-refractivity contribution in [3.05, 3.63) is 66.0 Å². The Morgan fingerprint density at radius 3 is 2.72 bits per heavy atom. The van der Waals surface area contributed by atoms with E-state index in [0.717, 1.165) is 18.5 Å². The molecule has 0 atom stereocenters. The first-order valence-corrected chi connectivity index (χ1v) is 6.38. The first-order valence-electron chi connectivity index (χ1n) is 6.38. The van der Waals surface area contributed by atoms with Gasteiger partial charge < -0.3 is 4.98 Å². The second kappa shape index (κ2) is 5.05. The number of aromatic amines is 1. The highest BCUT2D eigenvalue weighted by atomic mass is 14.8. The summed E-state index contributed by atoms with van der Waals surface area (Å²) in [5.74, 6) is 0. The predicted molar refractivity (Wildman–Crippen MR) is 74.6 cm³/mol. The molecule has 0 bridgehead atoms. The van der Waals surface area contributed by atoms with Gasteiger partial charge in [-0.05, 0) is 42.5 Å². The van der Waals surface area contributed by atoms with Gasteiger partial charge in [0.1, 0.15) is 5.65 Å². The number of pyridine rings is 1. The monoisotopic (exact) mass is 236 g/mol. The van der Waals surface area contributed by atoms with Gasteiger partial charge in [0.15, 0.2) is 0 Å². The summed E-state index contributed by atoms with van der Waals surface area (Å²) in [6.07, 6.45) is 7.31. The van der Waals surface area contributed by atoms with Crippen molar-refractivity contribution in [2.24, 2.45) is 0 Å². The van der Waals surface area contributed by atoms with Gasteiger partial charge in [-0.15, -0.1) is 0 Å². The van der Waals surface area contributed by atoms with Crippen molar-refractivity contribution < 1.29 is 0 Å². The molecular weight excluding hydrogens is 220 g/mol. The van der Waals surface area contributed by atoms with Gasteiger partial charge in [-0.25, -0.2) is 4.98 Å². The number of fused-ring (bicyclic) bond motifs is 1. The van der Waals surface area contributed by atoms with Crippen molar-refractivity contribution in [1.29, 1.82) is 0 Å². The molecule has 2 heteroatoms. The number of benzene rings is 1. The third-order valence-electron chi connectivity index (χ3n) is 3.29. The van der Waals surface area contributed by atoms with Crippen LogP contribution in [0.1, 0.15) is 17.5 Å². The molecule has 0 fully saturated rings. The molecule has 0 unspecified atom stereocenters. The molecular formula is C16H16N2. The number of H-pyrrole nitrogens is 1. The molecule has 0 saturated heterocycles. The normalized spacial score (nSPS) is 10.9. The quantitative estimate of drug-likeness (QED) is 0.734. The Labute approximate surface area is 107 Å². The highest BCUT2D eigenvalue weighted by Crippen LogP contribution is 2.18. The summed E-state index contributed by atoms with van der Waals surface area (Å²) in [6, 6.07) is 14.8. The minimum atomic E-state index is 0.993. The summed E-state index contributed by atoms with van der Waals surface area (Å²) in [5.41, 5.74) is 3.77. The van der Waals surface area contributed by atoms with E-state index in [9.17, 15) is 0 Å². The molecule has 0 aliphatic rings. The maximum Gasteiger partial charge on any atom is 0.137 e. The SMILES string of the molecule is c1ccc(CCCc2c[nH]c3ncccc23)cc1. The van der Waals surface area contributed by atoms with Crippen molar-refractivity contribution in [2.75, 3.05) is 0 Å². The van der Waals surface area contributed by atoms with Crippen molar-refractivity contribution >= 4 is 11.0 Å². The van der Waals surface area contributed by atoms with Crippen LogP contribution in [0.5, 0.6) is 0 Å². The second-order valence-electron chi connectivity index (χ2n) is 4.55. The second-order valence-corrected chi connectivity index (χ2v) is 4.55. The first-order chi connectivity index (χ1) is 8.93. The van der Waals surface area contributed by atoms with Crippen molar-refractivity contribution in [2.45, 2.75) is 19.3 Å². The third kappa shape index (κ3) is 2.28. The van der Waals surface area contributed by atoms with Crippen LogP contribution in [0.2, 0.25) is 0 Å². The van der Waals surface area contributed by atoms with E-state index in [1.807, 2.05) is 12.3 Å². The molecule has 2 nitrogen and oxygen atoms in total. The lowest BCUT2D eigenvalue weighted by molar-refractivity contribution is 0.825. The Hall–Kier alpha value is -2.09. The Kier molecular flexibility index (Phi) is 3.09. The fraction of sp³-hybridized carbons (Fsp3) is 0.188. The zero-order valence-electron chi connectivity index (χ0n) is 10.3. The molecule has 2 aromatic heterocycles. The Bertz CT molecular complexity index is 626. The Morgan fingerprint density at radius 1 is 0.944 bits per heavy atom. The van der Waals surface area contributed by atoms with E-state index < -0.39 is 0 Å². The molecule has 0 amide bonds. The number of rotatable bonds is 4. The van der Waals surface area contributed by atoms with E-state index in [4.69, 9.17) is 0 Å². The van der Waals surface area contributed by atoms with Crippen molar-refractivity contribution in [3.8, 4) is 0 Å². The highest BCUT2D eigenvalue weighted by molar-refractivity contribution is 5.79. The molecule has 3 aromatic rings. The number of nitrogens with one attached hydrogen (secondary N) is 1. The van der Waals surface area contributed by atoms with E-state index >= 15 is 0 Å². The molecule has 0 aliphatic heterocycles. The molecule has 0 radical (unpaired) electrons. The Morgan fingerprint density at radius 2 is 1.83 bits per heavy atom. The molecule has 90 valence electrons. The average Bonchev–Trinajstić information content (AvgIpc) is 2.84. The molecule has 2 heterocycles. The predicted octanol–water partition coefficient (Wildman–Crippen LogP) is 3.74. The zero-order chi connectivity index (χ0) is 12.2. The zero-order valence-corrected chi connectivity index (χ0v) is 10.3. The fourth-order valence-corrected chi connectivity index (χ4v) is 2.35. The van der Waals surface area contributed by atoms with Crippen LogP contribution in [0.15, 0.2) is 54.9 Å². The van der Waals surface area contributed by atoms with Gasteiger partial charge in [0, 0.05) is 17.8 Å². The molecule has 0 saturated carbocycles. The van der Waals surface area contributed by atoms with Crippen LogP contribution in [0.25, 0.3) is 11.0 Å². The Balaban J connectivity index is 1.67. The molecule has 1 aromatic carbocycles. The van der Waals surface area contributed by atoms with Gasteiger partial charge >= 0.3 is 0 Å². The van der Waals surface area contributed by atoms with Gasteiger partial charge in [0.05, 0.1) is 0 Å². The largest absolute Gasteiger partial charge is 0.346 e. The molecule has 1 N–H and O–H groups in total. The van der Waals surface area contributed by atoms with Gasteiger partial charge in [-0.2, -0.15) is 0 Å². The summed E-state index contributed by atoms with van der Waals surface area (Å²) in [4.78, 5) is 7.54. The van der Waals surface area contributed by atoms with Gasteiger partial charge in [-0.3, -0.25) is 0 Å². The van der Waals surface area contributed by atoms with Crippen molar-refractivity contribution in [1.82, 2.24) is 9.97 Å². The van der Waals surface area contributed by atoms with Crippen LogP contribution >= 0.6 is 0 Å². The van der Waals surface area contributed by atoms with Gasteiger partial charge in [0.2, 0.25) is 0 Å². The summed E-state index contributed by atoms with van der Waals surface area (Å²) in [6.45, 7) is 0. The van der Waals surface area contributed by atoms with Crippen LogP contribution < -0.4 is 0 Å². The van der Waals surface area contributed by atoms with Crippen molar-refractivity contribution in [3.63, 3.8) is 0 Å². The average molecular weight is 236 g/mol. The van der Waals surface area contributed by atoms with E-state index in [-0.39, 0.29) is 0 Å². The molecule has 0 aliphatic carbocycles. The number of hydrogen-bond donors (Lipinski definition) is 1. The third-order valence-corrected chi connectivity index (χ3v) is 3.29. The number of nitrogens with zero attached hydrogens (tertiary/aromatic N) is 1. The number of hydrogen-bond acceptors (Lipinski definition) is 1. The molecule has 18 heavy (non-hydrogen) atoms. The summed E-state index contributed by atoms with van der Waals surface area (Å²) >= 11 is 0. The highest BCUT2D eigenvalue weighted by Gasteiger charge is 2.03. The lowest BCUT2D eigenvalue weighted by atomic mass is 10.0. The van der Waals surface area contributed by atoms with E-state index in [0.29, 0.717) is 0 Å². The fourth-order valence-electron chi connectivity index (χ4n) is 2.35. The van der Waals surface area contributed by atoms with Crippen LogP contribution in [-0.4, -0.2) is 9.97 Å². The first kappa shape index (κ1) is 11.0. The maximum atomic E-state index is 4.31.